The second-order valence-electron chi connectivity index (χ2n) is 5.90. The molecule has 0 radical (unpaired) electrons. The first-order chi connectivity index (χ1) is 11.4. The minimum atomic E-state index is -0.0605. The molecule has 5 heteroatoms. The van der Waals surface area contributed by atoms with Gasteiger partial charge in [0, 0.05) is 21.6 Å². The molecule has 0 bridgehead atoms. The fourth-order valence-corrected chi connectivity index (χ4v) is 3.04. The van der Waals surface area contributed by atoms with E-state index in [-0.39, 0.29) is 11.7 Å². The molecule has 0 atom stereocenters. The topological polar surface area (TPSA) is 31.2 Å². The largest absolute Gasteiger partial charge is 0.491 e. The van der Waals surface area contributed by atoms with Crippen LogP contribution in [-0.2, 0) is 6.54 Å². The molecule has 0 saturated heterocycles. The summed E-state index contributed by atoms with van der Waals surface area (Å²) in [6, 6.07) is 12.7. The van der Waals surface area contributed by atoms with Crippen molar-refractivity contribution >= 4 is 34.0 Å². The molecule has 2 aromatic carbocycles. The summed E-state index contributed by atoms with van der Waals surface area (Å²) in [5.41, 5.74) is 0.789. The number of fused-ring (bicyclic) bond motifs is 1. The SMILES string of the molecule is CC(C)Oc1ccc2c(=O)n(Cc3ccc(Cl)cc3Cl)ccc2c1. The van der Waals surface area contributed by atoms with Crippen molar-refractivity contribution in [2.24, 2.45) is 0 Å². The van der Waals surface area contributed by atoms with Crippen LogP contribution >= 0.6 is 23.2 Å². The predicted octanol–water partition coefficient (Wildman–Crippen LogP) is 5.14. The van der Waals surface area contributed by atoms with Gasteiger partial charge in [0.2, 0.25) is 0 Å². The lowest BCUT2D eigenvalue weighted by molar-refractivity contribution is 0.243. The average molecular weight is 362 g/mol. The first-order valence-electron chi connectivity index (χ1n) is 7.68. The maximum atomic E-state index is 12.7. The first-order valence-corrected chi connectivity index (χ1v) is 8.43. The summed E-state index contributed by atoms with van der Waals surface area (Å²) < 4.78 is 7.32. The van der Waals surface area contributed by atoms with Crippen molar-refractivity contribution in [3.8, 4) is 5.75 Å². The maximum Gasteiger partial charge on any atom is 0.258 e. The molecule has 0 fully saturated rings. The van der Waals surface area contributed by atoms with Gasteiger partial charge in [0.05, 0.1) is 12.6 Å². The van der Waals surface area contributed by atoms with E-state index < -0.39 is 0 Å². The van der Waals surface area contributed by atoms with Gasteiger partial charge >= 0.3 is 0 Å². The molecule has 0 N–H and O–H groups in total. The number of hydrogen-bond donors (Lipinski definition) is 0. The smallest absolute Gasteiger partial charge is 0.258 e. The van der Waals surface area contributed by atoms with Gasteiger partial charge in [-0.25, -0.2) is 0 Å². The van der Waals surface area contributed by atoms with E-state index in [9.17, 15) is 4.79 Å². The quantitative estimate of drug-likeness (QED) is 0.643. The molecule has 1 aromatic heterocycles. The maximum absolute atomic E-state index is 12.7. The van der Waals surface area contributed by atoms with E-state index in [1.807, 2.05) is 38.1 Å². The number of rotatable bonds is 4. The summed E-state index contributed by atoms with van der Waals surface area (Å²) in [7, 11) is 0. The number of ether oxygens (including phenoxy) is 1. The molecule has 0 spiro atoms. The molecule has 0 aliphatic rings. The van der Waals surface area contributed by atoms with Crippen LogP contribution in [0.2, 0.25) is 10.0 Å². The number of halogens is 2. The number of nitrogens with zero attached hydrogens (tertiary/aromatic N) is 1. The molecular formula is C19H17Cl2NO2. The number of hydrogen-bond acceptors (Lipinski definition) is 2. The van der Waals surface area contributed by atoms with Gasteiger partial charge in [-0.15, -0.1) is 0 Å². The van der Waals surface area contributed by atoms with E-state index >= 15 is 0 Å². The third-order valence-electron chi connectivity index (χ3n) is 3.68. The summed E-state index contributed by atoms with van der Waals surface area (Å²) in [5.74, 6) is 0.760. The van der Waals surface area contributed by atoms with Gasteiger partial charge in [-0.05, 0) is 61.2 Å². The lowest BCUT2D eigenvalue weighted by Gasteiger charge is -2.12. The second-order valence-corrected chi connectivity index (χ2v) is 6.74. The third-order valence-corrected chi connectivity index (χ3v) is 4.26. The molecule has 3 aromatic rings. The lowest BCUT2D eigenvalue weighted by Crippen LogP contribution is -2.20. The van der Waals surface area contributed by atoms with Gasteiger partial charge in [0.25, 0.3) is 5.56 Å². The highest BCUT2D eigenvalue weighted by atomic mass is 35.5. The summed E-state index contributed by atoms with van der Waals surface area (Å²) in [6.07, 6.45) is 1.87. The molecule has 0 unspecified atom stereocenters. The summed E-state index contributed by atoms with van der Waals surface area (Å²) in [6.45, 7) is 4.34. The fraction of sp³-hybridized carbons (Fsp3) is 0.211. The summed E-state index contributed by atoms with van der Waals surface area (Å²) in [4.78, 5) is 12.7. The Labute approximate surface area is 150 Å². The highest BCUT2D eigenvalue weighted by Gasteiger charge is 2.08. The van der Waals surface area contributed by atoms with E-state index in [0.29, 0.717) is 22.0 Å². The number of pyridine rings is 1. The van der Waals surface area contributed by atoms with Crippen LogP contribution in [0, 0.1) is 0 Å². The highest BCUT2D eigenvalue weighted by molar-refractivity contribution is 6.35. The van der Waals surface area contributed by atoms with Crippen LogP contribution in [0.3, 0.4) is 0 Å². The second kappa shape index (κ2) is 6.88. The number of benzene rings is 2. The monoisotopic (exact) mass is 361 g/mol. The Bertz CT molecular complexity index is 948. The predicted molar refractivity (Wildman–Crippen MR) is 99.5 cm³/mol. The van der Waals surface area contributed by atoms with Crippen molar-refractivity contribution in [2.75, 3.05) is 0 Å². The van der Waals surface area contributed by atoms with Gasteiger partial charge in [-0.2, -0.15) is 0 Å². The lowest BCUT2D eigenvalue weighted by atomic mass is 10.1. The molecule has 1 heterocycles. The van der Waals surface area contributed by atoms with Gasteiger partial charge in [-0.3, -0.25) is 4.79 Å². The standard InChI is InChI=1S/C19H17Cl2NO2/c1-12(2)24-16-5-6-17-13(9-16)7-8-22(19(17)23)11-14-3-4-15(20)10-18(14)21/h3-10,12H,11H2,1-2H3. The Balaban J connectivity index is 1.98. The van der Waals surface area contributed by atoms with Crippen LogP contribution in [0.1, 0.15) is 19.4 Å². The van der Waals surface area contributed by atoms with E-state index in [0.717, 1.165) is 16.7 Å². The minimum Gasteiger partial charge on any atom is -0.491 e. The van der Waals surface area contributed by atoms with E-state index in [1.54, 1.807) is 29.0 Å². The van der Waals surface area contributed by atoms with E-state index in [4.69, 9.17) is 27.9 Å². The molecule has 0 aliphatic carbocycles. The zero-order valence-electron chi connectivity index (χ0n) is 13.4. The zero-order chi connectivity index (χ0) is 17.3. The minimum absolute atomic E-state index is 0.0605. The molecule has 124 valence electrons. The van der Waals surface area contributed by atoms with Gasteiger partial charge in [0.15, 0.2) is 0 Å². The van der Waals surface area contributed by atoms with Crippen LogP contribution in [0.4, 0.5) is 0 Å². The Kier molecular flexibility index (Phi) is 4.83. The Morgan fingerprint density at radius 2 is 1.88 bits per heavy atom. The first kappa shape index (κ1) is 16.9. The van der Waals surface area contributed by atoms with Gasteiger partial charge in [-0.1, -0.05) is 29.3 Å². The Morgan fingerprint density at radius 3 is 2.58 bits per heavy atom. The molecule has 0 amide bonds. The molecule has 3 rings (SSSR count). The summed E-state index contributed by atoms with van der Waals surface area (Å²) >= 11 is 12.1. The van der Waals surface area contributed by atoms with Crippen molar-refractivity contribution in [3.05, 3.63) is 74.6 Å². The fourth-order valence-electron chi connectivity index (χ4n) is 2.57. The van der Waals surface area contributed by atoms with E-state index in [1.165, 1.54) is 0 Å². The molecule has 0 saturated carbocycles. The molecule has 3 nitrogen and oxygen atoms in total. The van der Waals surface area contributed by atoms with Gasteiger partial charge < -0.3 is 9.30 Å². The van der Waals surface area contributed by atoms with Crippen LogP contribution < -0.4 is 10.3 Å². The summed E-state index contributed by atoms with van der Waals surface area (Å²) in [5, 5.41) is 2.64. The molecule has 0 aliphatic heterocycles. The van der Waals surface area contributed by atoms with Crippen LogP contribution in [0.5, 0.6) is 5.75 Å². The van der Waals surface area contributed by atoms with Crippen molar-refractivity contribution in [1.29, 1.82) is 0 Å². The van der Waals surface area contributed by atoms with Crippen molar-refractivity contribution in [2.45, 2.75) is 26.5 Å². The highest BCUT2D eigenvalue weighted by Crippen LogP contribution is 2.23. The van der Waals surface area contributed by atoms with Crippen LogP contribution in [-0.4, -0.2) is 10.7 Å². The number of aromatic nitrogens is 1. The van der Waals surface area contributed by atoms with Crippen molar-refractivity contribution in [3.63, 3.8) is 0 Å². The molecular weight excluding hydrogens is 345 g/mol. The average Bonchev–Trinajstić information content (AvgIpc) is 2.52. The van der Waals surface area contributed by atoms with Crippen LogP contribution in [0.15, 0.2) is 53.5 Å². The van der Waals surface area contributed by atoms with E-state index in [2.05, 4.69) is 0 Å². The Hall–Kier alpha value is -1.97. The van der Waals surface area contributed by atoms with Crippen LogP contribution in [0.25, 0.3) is 10.8 Å². The van der Waals surface area contributed by atoms with Gasteiger partial charge in [0.1, 0.15) is 5.75 Å². The molecule has 24 heavy (non-hydrogen) atoms. The third kappa shape index (κ3) is 3.58. The normalized spacial score (nSPS) is 11.2. The van der Waals surface area contributed by atoms with Crippen molar-refractivity contribution in [1.82, 2.24) is 4.57 Å². The van der Waals surface area contributed by atoms with Crippen molar-refractivity contribution < 1.29 is 4.74 Å². The zero-order valence-corrected chi connectivity index (χ0v) is 14.9. The Morgan fingerprint density at radius 1 is 1.08 bits per heavy atom.